The molecule has 0 aliphatic carbocycles. The zero-order valence-electron chi connectivity index (χ0n) is 22.9. The predicted molar refractivity (Wildman–Crippen MR) is 158 cm³/mol. The molecular formula is C29H33Cl2N3O5S. The normalized spacial score (nSPS) is 11.9. The number of nitrogens with zero attached hydrogens (tertiary/aromatic N) is 2. The summed E-state index contributed by atoms with van der Waals surface area (Å²) >= 11 is 12.3. The number of ether oxygens (including phenoxy) is 1. The van der Waals surface area contributed by atoms with E-state index < -0.39 is 28.5 Å². The molecule has 1 unspecified atom stereocenters. The molecule has 0 saturated heterocycles. The number of halogens is 2. The van der Waals surface area contributed by atoms with Crippen LogP contribution in [0.4, 0.5) is 5.69 Å². The van der Waals surface area contributed by atoms with Crippen molar-refractivity contribution in [3.8, 4) is 5.75 Å². The highest BCUT2D eigenvalue weighted by molar-refractivity contribution is 7.92. The van der Waals surface area contributed by atoms with E-state index in [2.05, 4.69) is 5.32 Å². The van der Waals surface area contributed by atoms with Crippen molar-refractivity contribution in [2.45, 2.75) is 44.7 Å². The summed E-state index contributed by atoms with van der Waals surface area (Å²) in [6, 6.07) is 16.9. The number of hydrogen-bond donors (Lipinski definition) is 1. The number of carbonyl (C=O) groups is 2. The topological polar surface area (TPSA) is 96.0 Å². The summed E-state index contributed by atoms with van der Waals surface area (Å²) in [7, 11) is -2.65. The van der Waals surface area contributed by atoms with Gasteiger partial charge in [-0.25, -0.2) is 8.42 Å². The summed E-state index contributed by atoms with van der Waals surface area (Å²) in [6.07, 6.45) is 0.727. The van der Waals surface area contributed by atoms with E-state index in [4.69, 9.17) is 27.9 Å². The number of nitrogens with one attached hydrogen (secondary N) is 1. The molecule has 1 N–H and O–H groups in total. The molecule has 8 nitrogen and oxygen atoms in total. The molecule has 1 atom stereocenters. The van der Waals surface area contributed by atoms with Crippen LogP contribution in [0.3, 0.4) is 0 Å². The second-order valence-electron chi connectivity index (χ2n) is 9.26. The minimum Gasteiger partial charge on any atom is -0.497 e. The first-order chi connectivity index (χ1) is 19.0. The van der Waals surface area contributed by atoms with Crippen LogP contribution in [-0.4, -0.2) is 51.4 Å². The van der Waals surface area contributed by atoms with Gasteiger partial charge in [0.2, 0.25) is 11.8 Å². The SMILES string of the molecule is CCCNC(=O)C(C)N(Cc1ccc(OC)cc1)C(=O)CN(c1ccc(Cl)c(Cl)c1)S(=O)(=O)c1ccc(C)cc1. The molecule has 0 saturated carbocycles. The van der Waals surface area contributed by atoms with Crippen LogP contribution < -0.4 is 14.4 Å². The van der Waals surface area contributed by atoms with Crippen molar-refractivity contribution < 1.29 is 22.7 Å². The number of hydrogen-bond acceptors (Lipinski definition) is 5. The fourth-order valence-electron chi connectivity index (χ4n) is 3.91. The van der Waals surface area contributed by atoms with E-state index in [1.54, 1.807) is 50.4 Å². The van der Waals surface area contributed by atoms with Gasteiger partial charge in [0.25, 0.3) is 10.0 Å². The third kappa shape index (κ3) is 7.68. The van der Waals surface area contributed by atoms with Crippen LogP contribution in [0.1, 0.15) is 31.4 Å². The Balaban J connectivity index is 2.03. The zero-order valence-corrected chi connectivity index (χ0v) is 25.2. The van der Waals surface area contributed by atoms with Crippen molar-refractivity contribution in [1.29, 1.82) is 0 Å². The molecule has 3 aromatic carbocycles. The summed E-state index contributed by atoms with van der Waals surface area (Å²) in [5.41, 5.74) is 1.79. The minimum absolute atomic E-state index is 0.00686. The molecule has 0 aromatic heterocycles. The number of methoxy groups -OCH3 is 1. The molecule has 3 aromatic rings. The maximum Gasteiger partial charge on any atom is 0.264 e. The summed E-state index contributed by atoms with van der Waals surface area (Å²) in [6.45, 7) is 5.34. The van der Waals surface area contributed by atoms with Crippen LogP contribution >= 0.6 is 23.2 Å². The molecule has 214 valence electrons. The molecule has 0 bridgehead atoms. The first-order valence-electron chi connectivity index (χ1n) is 12.7. The molecular weight excluding hydrogens is 573 g/mol. The van der Waals surface area contributed by atoms with Crippen LogP contribution in [-0.2, 0) is 26.2 Å². The average Bonchev–Trinajstić information content (AvgIpc) is 2.94. The van der Waals surface area contributed by atoms with Crippen LogP contribution in [0.2, 0.25) is 10.0 Å². The van der Waals surface area contributed by atoms with Crippen molar-refractivity contribution >= 4 is 50.7 Å². The lowest BCUT2D eigenvalue weighted by atomic mass is 10.1. The number of anilines is 1. The van der Waals surface area contributed by atoms with Gasteiger partial charge >= 0.3 is 0 Å². The predicted octanol–water partition coefficient (Wildman–Crippen LogP) is 5.45. The number of carbonyl (C=O) groups excluding carboxylic acids is 2. The summed E-state index contributed by atoms with van der Waals surface area (Å²) in [4.78, 5) is 28.2. The highest BCUT2D eigenvalue weighted by Gasteiger charge is 2.32. The molecule has 3 rings (SSSR count). The fraction of sp³-hybridized carbons (Fsp3) is 0.310. The number of amides is 2. The molecule has 0 aliphatic heterocycles. The van der Waals surface area contributed by atoms with Gasteiger partial charge in [-0.1, -0.05) is 60.0 Å². The van der Waals surface area contributed by atoms with Gasteiger partial charge in [-0.2, -0.15) is 0 Å². The molecule has 0 fully saturated rings. The fourth-order valence-corrected chi connectivity index (χ4v) is 5.61. The van der Waals surface area contributed by atoms with Gasteiger partial charge in [-0.3, -0.25) is 13.9 Å². The molecule has 0 radical (unpaired) electrons. The Bertz CT molecular complexity index is 1430. The second kappa shape index (κ2) is 13.9. The van der Waals surface area contributed by atoms with E-state index in [-0.39, 0.29) is 33.1 Å². The largest absolute Gasteiger partial charge is 0.497 e. The van der Waals surface area contributed by atoms with E-state index in [0.717, 1.165) is 21.9 Å². The van der Waals surface area contributed by atoms with Crippen LogP contribution in [0.5, 0.6) is 5.75 Å². The van der Waals surface area contributed by atoms with Crippen molar-refractivity contribution in [3.05, 3.63) is 87.9 Å². The Morgan fingerprint density at radius 2 is 1.62 bits per heavy atom. The van der Waals surface area contributed by atoms with Crippen LogP contribution in [0.15, 0.2) is 71.6 Å². The van der Waals surface area contributed by atoms with Crippen molar-refractivity contribution in [1.82, 2.24) is 10.2 Å². The van der Waals surface area contributed by atoms with E-state index in [1.165, 1.54) is 35.2 Å². The summed E-state index contributed by atoms with van der Waals surface area (Å²) in [5.74, 6) is -0.270. The molecule has 0 aliphatic rings. The van der Waals surface area contributed by atoms with Gasteiger partial charge in [-0.15, -0.1) is 0 Å². The highest BCUT2D eigenvalue weighted by atomic mass is 35.5. The average molecular weight is 607 g/mol. The van der Waals surface area contributed by atoms with Crippen molar-refractivity contribution in [2.75, 3.05) is 24.5 Å². The van der Waals surface area contributed by atoms with E-state index in [1.807, 2.05) is 13.8 Å². The summed E-state index contributed by atoms with van der Waals surface area (Å²) in [5, 5.41) is 3.19. The first kappa shape index (κ1) is 31.3. The first-order valence-corrected chi connectivity index (χ1v) is 14.9. The smallest absolute Gasteiger partial charge is 0.264 e. The monoisotopic (exact) mass is 605 g/mol. The van der Waals surface area contributed by atoms with E-state index in [0.29, 0.717) is 12.3 Å². The Hall–Kier alpha value is -3.27. The molecule has 0 heterocycles. The van der Waals surface area contributed by atoms with Gasteiger partial charge in [0, 0.05) is 13.1 Å². The number of rotatable bonds is 12. The maximum absolute atomic E-state index is 13.9. The van der Waals surface area contributed by atoms with Gasteiger partial charge in [0.15, 0.2) is 0 Å². The van der Waals surface area contributed by atoms with Crippen LogP contribution in [0, 0.1) is 6.92 Å². The van der Waals surface area contributed by atoms with Gasteiger partial charge in [-0.05, 0) is 68.3 Å². The third-order valence-corrected chi connectivity index (χ3v) is 8.83. The lowest BCUT2D eigenvalue weighted by molar-refractivity contribution is -0.139. The van der Waals surface area contributed by atoms with Gasteiger partial charge in [0.1, 0.15) is 18.3 Å². The van der Waals surface area contributed by atoms with Gasteiger partial charge in [0.05, 0.1) is 27.7 Å². The molecule has 40 heavy (non-hydrogen) atoms. The number of benzene rings is 3. The molecule has 11 heteroatoms. The van der Waals surface area contributed by atoms with E-state index >= 15 is 0 Å². The van der Waals surface area contributed by atoms with E-state index in [9.17, 15) is 18.0 Å². The van der Waals surface area contributed by atoms with Gasteiger partial charge < -0.3 is 15.0 Å². The van der Waals surface area contributed by atoms with Crippen molar-refractivity contribution in [3.63, 3.8) is 0 Å². The minimum atomic E-state index is -4.20. The second-order valence-corrected chi connectivity index (χ2v) is 11.9. The molecule has 0 spiro atoms. The van der Waals surface area contributed by atoms with Crippen molar-refractivity contribution in [2.24, 2.45) is 0 Å². The number of sulfonamides is 1. The Kier molecular flexibility index (Phi) is 10.8. The lowest BCUT2D eigenvalue weighted by Gasteiger charge is -2.32. The highest BCUT2D eigenvalue weighted by Crippen LogP contribution is 2.31. The zero-order chi connectivity index (χ0) is 29.4. The Morgan fingerprint density at radius 1 is 0.975 bits per heavy atom. The summed E-state index contributed by atoms with van der Waals surface area (Å²) < 4.78 is 33.9. The third-order valence-electron chi connectivity index (χ3n) is 6.31. The van der Waals surface area contributed by atoms with Crippen LogP contribution in [0.25, 0.3) is 0 Å². The standard InChI is InChI=1S/C29H33Cl2N3O5S/c1-5-16-32-29(36)21(3)33(18-22-8-11-24(39-4)12-9-22)28(35)19-34(23-10-15-26(30)27(31)17-23)40(37,38)25-13-6-20(2)7-14-25/h6-15,17,21H,5,16,18-19H2,1-4H3,(H,32,36). The maximum atomic E-state index is 13.9. The Labute approximate surface area is 245 Å². The lowest BCUT2D eigenvalue weighted by Crippen LogP contribution is -2.51. The number of aryl methyl sites for hydroxylation is 1. The molecule has 2 amide bonds. The Morgan fingerprint density at radius 3 is 2.20 bits per heavy atom. The quantitative estimate of drug-likeness (QED) is 0.296.